The molecular formula is C17H29Cl2FN2O. The quantitative estimate of drug-likeness (QED) is 0.731. The predicted molar refractivity (Wildman–Crippen MR) is 98.8 cm³/mol. The molecule has 2 rings (SSSR count). The minimum Gasteiger partial charge on any atom is -0.496 e. The van der Waals surface area contributed by atoms with Gasteiger partial charge in [0.1, 0.15) is 11.6 Å². The largest absolute Gasteiger partial charge is 0.496 e. The number of rotatable bonds is 7. The average molecular weight is 367 g/mol. The van der Waals surface area contributed by atoms with Gasteiger partial charge in [0.2, 0.25) is 0 Å². The Bertz CT molecular complexity index is 443. The van der Waals surface area contributed by atoms with Gasteiger partial charge in [-0.25, -0.2) is 4.39 Å². The molecule has 0 radical (unpaired) electrons. The van der Waals surface area contributed by atoms with Gasteiger partial charge in [-0.3, -0.25) is 4.90 Å². The van der Waals surface area contributed by atoms with Gasteiger partial charge in [0.15, 0.2) is 0 Å². The fourth-order valence-electron chi connectivity index (χ4n) is 3.08. The topological polar surface area (TPSA) is 24.5 Å². The van der Waals surface area contributed by atoms with Gasteiger partial charge in [0, 0.05) is 43.9 Å². The molecule has 134 valence electrons. The fraction of sp³-hybridized carbons (Fsp3) is 0.647. The second kappa shape index (κ2) is 11.9. The van der Waals surface area contributed by atoms with E-state index in [1.807, 2.05) is 6.07 Å². The summed E-state index contributed by atoms with van der Waals surface area (Å²) in [5.74, 6) is 0.443. The van der Waals surface area contributed by atoms with Crippen molar-refractivity contribution in [1.29, 1.82) is 0 Å². The number of piperazine rings is 1. The van der Waals surface area contributed by atoms with Crippen LogP contribution in [-0.4, -0.2) is 38.2 Å². The van der Waals surface area contributed by atoms with E-state index in [0.717, 1.165) is 38.2 Å². The van der Waals surface area contributed by atoms with Crippen LogP contribution in [0, 0.1) is 5.82 Å². The van der Waals surface area contributed by atoms with Gasteiger partial charge in [-0.1, -0.05) is 32.3 Å². The van der Waals surface area contributed by atoms with Crippen molar-refractivity contribution in [3.05, 3.63) is 29.6 Å². The lowest BCUT2D eigenvalue weighted by Crippen LogP contribution is -2.45. The van der Waals surface area contributed by atoms with Crippen molar-refractivity contribution >= 4 is 24.8 Å². The van der Waals surface area contributed by atoms with Crippen LogP contribution in [0.3, 0.4) is 0 Å². The normalized spacial score (nSPS) is 16.1. The molecule has 6 heteroatoms. The molecule has 1 aromatic rings. The van der Waals surface area contributed by atoms with E-state index < -0.39 is 0 Å². The lowest BCUT2D eigenvalue weighted by Gasteiger charge is -2.36. The van der Waals surface area contributed by atoms with Gasteiger partial charge in [-0.2, -0.15) is 0 Å². The highest BCUT2D eigenvalue weighted by atomic mass is 35.5. The SMILES string of the molecule is CCCCC[C@@H](c1ccc(F)cc1OC)N1CCNCC1.Cl.Cl. The van der Waals surface area contributed by atoms with Crippen LogP contribution >= 0.6 is 24.8 Å². The Morgan fingerprint density at radius 2 is 1.91 bits per heavy atom. The van der Waals surface area contributed by atoms with Crippen molar-refractivity contribution in [1.82, 2.24) is 10.2 Å². The Hall–Kier alpha value is -0.550. The maximum absolute atomic E-state index is 13.4. The summed E-state index contributed by atoms with van der Waals surface area (Å²) in [6, 6.07) is 5.28. The predicted octanol–water partition coefficient (Wildman–Crippen LogP) is 4.20. The second-order valence-electron chi connectivity index (χ2n) is 5.68. The molecule has 0 amide bonds. The zero-order valence-corrected chi connectivity index (χ0v) is 15.6. The second-order valence-corrected chi connectivity index (χ2v) is 5.68. The van der Waals surface area contributed by atoms with Crippen molar-refractivity contribution < 1.29 is 9.13 Å². The summed E-state index contributed by atoms with van der Waals surface area (Å²) in [6.45, 7) is 6.34. The summed E-state index contributed by atoms with van der Waals surface area (Å²) in [4.78, 5) is 2.50. The van der Waals surface area contributed by atoms with Crippen molar-refractivity contribution in [2.24, 2.45) is 0 Å². The molecule has 1 heterocycles. The molecule has 0 saturated carbocycles. The highest BCUT2D eigenvalue weighted by molar-refractivity contribution is 5.85. The molecule has 1 aliphatic heterocycles. The third-order valence-corrected chi connectivity index (χ3v) is 4.23. The Kier molecular flexibility index (Phi) is 11.6. The van der Waals surface area contributed by atoms with Gasteiger partial charge in [-0.05, 0) is 12.5 Å². The van der Waals surface area contributed by atoms with Crippen LogP contribution < -0.4 is 10.1 Å². The third-order valence-electron chi connectivity index (χ3n) is 4.23. The average Bonchev–Trinajstić information content (AvgIpc) is 2.53. The van der Waals surface area contributed by atoms with E-state index in [9.17, 15) is 4.39 Å². The number of ether oxygens (including phenoxy) is 1. The van der Waals surface area contributed by atoms with Crippen LogP contribution in [0.15, 0.2) is 18.2 Å². The molecule has 1 aliphatic rings. The van der Waals surface area contributed by atoms with Crippen molar-refractivity contribution in [3.8, 4) is 5.75 Å². The van der Waals surface area contributed by atoms with E-state index in [0.29, 0.717) is 11.8 Å². The van der Waals surface area contributed by atoms with Crippen LogP contribution in [0.25, 0.3) is 0 Å². The van der Waals surface area contributed by atoms with Crippen LogP contribution in [0.1, 0.15) is 44.2 Å². The zero-order chi connectivity index (χ0) is 15.1. The number of hydrogen-bond donors (Lipinski definition) is 1. The summed E-state index contributed by atoms with van der Waals surface area (Å²) in [5, 5.41) is 3.39. The first-order valence-corrected chi connectivity index (χ1v) is 8.04. The molecule has 1 N–H and O–H groups in total. The van der Waals surface area contributed by atoms with E-state index in [4.69, 9.17) is 4.74 Å². The van der Waals surface area contributed by atoms with Gasteiger partial charge >= 0.3 is 0 Å². The highest BCUT2D eigenvalue weighted by Gasteiger charge is 2.24. The Morgan fingerprint density at radius 1 is 1.22 bits per heavy atom. The summed E-state index contributed by atoms with van der Waals surface area (Å²) in [6.07, 6.45) is 4.77. The molecule has 1 atom stereocenters. The molecule has 23 heavy (non-hydrogen) atoms. The highest BCUT2D eigenvalue weighted by Crippen LogP contribution is 2.34. The Balaban J connectivity index is 0.00000242. The minimum absolute atomic E-state index is 0. The maximum atomic E-state index is 13.4. The standard InChI is InChI=1S/C17H27FN2O.2ClH/c1-3-4-5-6-16(20-11-9-19-10-12-20)15-8-7-14(18)13-17(15)21-2;;/h7-8,13,16,19H,3-6,9-12H2,1-2H3;2*1H/t16-;;/m0../s1. The van der Waals surface area contributed by atoms with E-state index in [1.54, 1.807) is 13.2 Å². The van der Waals surface area contributed by atoms with Crippen LogP contribution in [0.5, 0.6) is 5.75 Å². The molecule has 3 nitrogen and oxygen atoms in total. The first kappa shape index (κ1) is 22.4. The summed E-state index contributed by atoms with van der Waals surface area (Å²) >= 11 is 0. The third kappa shape index (κ3) is 6.46. The van der Waals surface area contributed by atoms with E-state index in [1.165, 1.54) is 25.3 Å². The lowest BCUT2D eigenvalue weighted by atomic mass is 9.97. The summed E-state index contributed by atoms with van der Waals surface area (Å²) in [7, 11) is 1.62. The first-order valence-electron chi connectivity index (χ1n) is 8.04. The van der Waals surface area contributed by atoms with Gasteiger partial charge < -0.3 is 10.1 Å². The number of halogens is 3. The van der Waals surface area contributed by atoms with Crippen LogP contribution in [0.2, 0.25) is 0 Å². The zero-order valence-electron chi connectivity index (χ0n) is 14.0. The number of methoxy groups -OCH3 is 1. The monoisotopic (exact) mass is 366 g/mol. The molecule has 0 aromatic heterocycles. The Labute approximate surface area is 151 Å². The van der Waals surface area contributed by atoms with Crippen molar-refractivity contribution in [3.63, 3.8) is 0 Å². The first-order chi connectivity index (χ1) is 10.3. The molecule has 0 unspecified atom stereocenters. The lowest BCUT2D eigenvalue weighted by molar-refractivity contribution is 0.160. The molecule has 1 saturated heterocycles. The van der Waals surface area contributed by atoms with E-state index in [2.05, 4.69) is 17.1 Å². The van der Waals surface area contributed by atoms with E-state index in [-0.39, 0.29) is 30.6 Å². The minimum atomic E-state index is -0.233. The van der Waals surface area contributed by atoms with Gasteiger partial charge in [0.25, 0.3) is 0 Å². The molecule has 0 aliphatic carbocycles. The molecule has 0 bridgehead atoms. The maximum Gasteiger partial charge on any atom is 0.126 e. The molecule has 0 spiro atoms. The summed E-state index contributed by atoms with van der Waals surface area (Å²) < 4.78 is 18.9. The summed E-state index contributed by atoms with van der Waals surface area (Å²) in [5.41, 5.74) is 1.12. The van der Waals surface area contributed by atoms with Gasteiger partial charge in [0.05, 0.1) is 7.11 Å². The number of unbranched alkanes of at least 4 members (excludes halogenated alkanes) is 2. The number of benzene rings is 1. The molecule has 1 fully saturated rings. The number of nitrogens with zero attached hydrogens (tertiary/aromatic N) is 1. The number of hydrogen-bond acceptors (Lipinski definition) is 3. The molecular weight excluding hydrogens is 338 g/mol. The molecule has 1 aromatic carbocycles. The number of nitrogens with one attached hydrogen (secondary N) is 1. The van der Waals surface area contributed by atoms with E-state index >= 15 is 0 Å². The smallest absolute Gasteiger partial charge is 0.126 e. The van der Waals surface area contributed by atoms with Gasteiger partial charge in [-0.15, -0.1) is 24.8 Å². The van der Waals surface area contributed by atoms with Crippen LogP contribution in [0.4, 0.5) is 4.39 Å². The van der Waals surface area contributed by atoms with Crippen LogP contribution in [-0.2, 0) is 0 Å². The Morgan fingerprint density at radius 3 is 2.52 bits per heavy atom. The van der Waals surface area contributed by atoms with Crippen molar-refractivity contribution in [2.75, 3.05) is 33.3 Å². The fourth-order valence-corrected chi connectivity index (χ4v) is 3.08. The van der Waals surface area contributed by atoms with Crippen molar-refractivity contribution in [2.45, 2.75) is 38.6 Å².